The molecule has 0 radical (unpaired) electrons. The van der Waals surface area contributed by atoms with Crippen LogP contribution in [-0.4, -0.2) is 58.8 Å². The van der Waals surface area contributed by atoms with Gasteiger partial charge >= 0.3 is 0 Å². The summed E-state index contributed by atoms with van der Waals surface area (Å²) in [6, 6.07) is 7.02. The lowest BCUT2D eigenvalue weighted by Crippen LogP contribution is -2.35. The molecule has 2 aromatic carbocycles. The van der Waals surface area contributed by atoms with E-state index in [4.69, 9.17) is 27.9 Å². The zero-order valence-electron chi connectivity index (χ0n) is 20.2. The van der Waals surface area contributed by atoms with Gasteiger partial charge in [0.05, 0.1) is 5.02 Å². The lowest BCUT2D eigenvalue weighted by molar-refractivity contribution is -0.0609. The highest BCUT2D eigenvalue weighted by molar-refractivity contribution is 7.93. The molecule has 0 saturated carbocycles. The molecule has 14 heteroatoms. The number of nitrogens with zero attached hydrogens (tertiary/aromatic N) is 3. The third-order valence-electron chi connectivity index (χ3n) is 6.27. The fraction of sp³-hybridized carbons (Fsp3) is 0.417. The highest BCUT2D eigenvalue weighted by atomic mass is 35.5. The third-order valence-corrected chi connectivity index (χ3v) is 8.87. The van der Waals surface area contributed by atoms with Crippen LogP contribution < -0.4 is 9.46 Å². The van der Waals surface area contributed by atoms with Crippen molar-refractivity contribution < 1.29 is 27.8 Å². The molecule has 206 valence electrons. The van der Waals surface area contributed by atoms with E-state index in [2.05, 4.69) is 19.0 Å². The number of ether oxygens (including phenoxy) is 1. The number of likely N-dealkylation sites (tertiary alicyclic amines) is 1. The Bertz CT molecular complexity index is 1340. The number of aryl methyl sites for hydroxylation is 1. The zero-order valence-corrected chi connectivity index (χ0v) is 23.3. The van der Waals surface area contributed by atoms with E-state index < -0.39 is 27.0 Å². The van der Waals surface area contributed by atoms with Crippen LogP contribution in [0, 0.1) is 11.7 Å². The molecule has 0 aliphatic carbocycles. The molecular formula is C24H27Cl2FN4O5S2. The summed E-state index contributed by atoms with van der Waals surface area (Å²) in [5.41, 5.74) is 0.807. The number of hydrogen-bond acceptors (Lipinski definition) is 9. The molecule has 1 fully saturated rings. The first-order valence-corrected chi connectivity index (χ1v) is 15.0. The summed E-state index contributed by atoms with van der Waals surface area (Å²) in [4.78, 5) is 5.44. The molecule has 0 unspecified atom stereocenters. The zero-order chi connectivity index (χ0) is 27.3. The Morgan fingerprint density at radius 2 is 1.95 bits per heavy atom. The van der Waals surface area contributed by atoms with Crippen molar-refractivity contribution in [3.8, 4) is 11.5 Å². The van der Waals surface area contributed by atoms with Crippen LogP contribution in [0.5, 0.6) is 11.5 Å². The smallest absolute Gasteiger partial charge is 0.266 e. The number of hydrogen-bond donors (Lipinski definition) is 3. The quantitative estimate of drug-likeness (QED) is 0.263. The number of sulfonamides is 1. The monoisotopic (exact) mass is 604 g/mol. The Hall–Kier alpha value is -2.06. The molecule has 0 amide bonds. The molecule has 1 aromatic heterocycles. The van der Waals surface area contributed by atoms with E-state index in [1.807, 2.05) is 0 Å². The Morgan fingerprint density at radius 3 is 2.63 bits per heavy atom. The van der Waals surface area contributed by atoms with Crippen molar-refractivity contribution in [3.05, 3.63) is 58.1 Å². The molecule has 0 bridgehead atoms. The summed E-state index contributed by atoms with van der Waals surface area (Å²) >= 11 is 13.3. The largest absolute Gasteiger partial charge is 0.455 e. The molecule has 38 heavy (non-hydrogen) atoms. The second kappa shape index (κ2) is 12.9. The van der Waals surface area contributed by atoms with Gasteiger partial charge in [0.25, 0.3) is 10.0 Å². The van der Waals surface area contributed by atoms with E-state index >= 15 is 0 Å². The highest BCUT2D eigenvalue weighted by Crippen LogP contribution is 2.36. The summed E-state index contributed by atoms with van der Waals surface area (Å²) in [6.07, 6.45) is 3.65. The fourth-order valence-electron chi connectivity index (χ4n) is 4.38. The lowest BCUT2D eigenvalue weighted by Gasteiger charge is -2.32. The van der Waals surface area contributed by atoms with Gasteiger partial charge in [-0.05, 0) is 81.1 Å². The normalized spacial score (nSPS) is 15.2. The number of benzene rings is 2. The number of piperidine rings is 1. The Morgan fingerprint density at radius 1 is 1.18 bits per heavy atom. The standard InChI is InChI=1S/C24H27Cl2FN4O5S2/c25-17-3-4-20(16(11-17)2-1-7-31-8-5-15(6-9-31)10-23(32)33)36-21-13-19(27)22(12-18(21)26)38(34,35)30-24-28-14-29-37-24/h3-4,11-15,23,32-33H,1-2,5-10H2,(H,28,29,30). The van der Waals surface area contributed by atoms with Crippen LogP contribution in [0.4, 0.5) is 9.52 Å². The number of aliphatic hydroxyl groups is 2. The average molecular weight is 606 g/mol. The number of aliphatic hydroxyl groups excluding tert-OH is 1. The fourth-order valence-corrected chi connectivity index (χ4v) is 6.59. The minimum Gasteiger partial charge on any atom is -0.455 e. The molecule has 1 aliphatic heterocycles. The number of nitrogens with one attached hydrogen (secondary N) is 1. The second-order valence-electron chi connectivity index (χ2n) is 9.02. The number of aromatic nitrogens is 2. The molecule has 0 spiro atoms. The molecular weight excluding hydrogens is 578 g/mol. The van der Waals surface area contributed by atoms with Gasteiger partial charge in [-0.1, -0.05) is 23.2 Å². The topological polar surface area (TPSA) is 125 Å². The molecule has 1 aliphatic rings. The van der Waals surface area contributed by atoms with E-state index in [0.717, 1.165) is 68.1 Å². The average Bonchev–Trinajstić information content (AvgIpc) is 3.35. The lowest BCUT2D eigenvalue weighted by atomic mass is 9.93. The predicted octanol–water partition coefficient (Wildman–Crippen LogP) is 4.92. The van der Waals surface area contributed by atoms with Crippen LogP contribution >= 0.6 is 34.7 Å². The van der Waals surface area contributed by atoms with Gasteiger partial charge in [-0.15, -0.1) is 0 Å². The van der Waals surface area contributed by atoms with E-state index in [1.54, 1.807) is 18.2 Å². The molecule has 1 saturated heterocycles. The Labute approximate surface area is 234 Å². The van der Waals surface area contributed by atoms with Crippen molar-refractivity contribution in [1.29, 1.82) is 0 Å². The molecule has 3 N–H and O–H groups in total. The number of halogens is 3. The van der Waals surface area contributed by atoms with Crippen molar-refractivity contribution in [2.24, 2.45) is 5.92 Å². The van der Waals surface area contributed by atoms with Crippen LogP contribution in [0.1, 0.15) is 31.2 Å². The van der Waals surface area contributed by atoms with Crippen molar-refractivity contribution in [2.45, 2.75) is 43.3 Å². The van der Waals surface area contributed by atoms with Crippen molar-refractivity contribution in [2.75, 3.05) is 24.4 Å². The van der Waals surface area contributed by atoms with Crippen LogP contribution in [0.15, 0.2) is 41.6 Å². The molecule has 4 rings (SSSR count). The van der Waals surface area contributed by atoms with Crippen molar-refractivity contribution in [3.63, 3.8) is 0 Å². The first-order valence-electron chi connectivity index (χ1n) is 11.9. The summed E-state index contributed by atoms with van der Waals surface area (Å²) < 4.78 is 51.9. The van der Waals surface area contributed by atoms with Gasteiger partial charge in [-0.25, -0.2) is 17.8 Å². The Kier molecular flexibility index (Phi) is 9.79. The summed E-state index contributed by atoms with van der Waals surface area (Å²) in [5.74, 6) is -0.301. The SMILES string of the molecule is O=S(=O)(Nc1ncns1)c1cc(Cl)c(Oc2ccc(Cl)cc2CCCN2CCC(CC(O)O)CC2)cc1F. The molecule has 0 atom stereocenters. The first kappa shape index (κ1) is 28.9. The Balaban J connectivity index is 1.41. The molecule has 2 heterocycles. The highest BCUT2D eigenvalue weighted by Gasteiger charge is 2.24. The van der Waals surface area contributed by atoms with Gasteiger partial charge in [0, 0.05) is 29.0 Å². The van der Waals surface area contributed by atoms with Crippen molar-refractivity contribution >= 4 is 49.9 Å². The summed E-state index contributed by atoms with van der Waals surface area (Å²) in [7, 11) is -4.28. The van der Waals surface area contributed by atoms with E-state index in [1.165, 1.54) is 6.33 Å². The summed E-state index contributed by atoms with van der Waals surface area (Å²) in [5, 5.41) is 18.8. The number of anilines is 1. The van der Waals surface area contributed by atoms with E-state index in [-0.39, 0.29) is 15.9 Å². The van der Waals surface area contributed by atoms with Gasteiger partial charge in [-0.2, -0.15) is 4.37 Å². The van der Waals surface area contributed by atoms with Gasteiger partial charge < -0.3 is 19.8 Å². The van der Waals surface area contributed by atoms with Gasteiger partial charge in [0.15, 0.2) is 6.29 Å². The van der Waals surface area contributed by atoms with Gasteiger partial charge in [-0.3, -0.25) is 4.72 Å². The second-order valence-corrected chi connectivity index (χ2v) is 12.3. The van der Waals surface area contributed by atoms with Crippen LogP contribution in [0.3, 0.4) is 0 Å². The maximum atomic E-state index is 14.9. The number of rotatable bonds is 11. The maximum Gasteiger partial charge on any atom is 0.266 e. The third kappa shape index (κ3) is 7.75. The minimum atomic E-state index is -4.28. The minimum absolute atomic E-state index is 0.0000149. The van der Waals surface area contributed by atoms with Gasteiger partial charge in [0.1, 0.15) is 28.5 Å². The van der Waals surface area contributed by atoms with Crippen LogP contribution in [-0.2, 0) is 16.4 Å². The maximum absolute atomic E-state index is 14.9. The first-order chi connectivity index (χ1) is 18.1. The molecule has 3 aromatic rings. The predicted molar refractivity (Wildman–Crippen MR) is 144 cm³/mol. The van der Waals surface area contributed by atoms with Crippen LogP contribution in [0.2, 0.25) is 10.0 Å². The van der Waals surface area contributed by atoms with Crippen molar-refractivity contribution in [1.82, 2.24) is 14.3 Å². The van der Waals surface area contributed by atoms with Gasteiger partial charge in [0.2, 0.25) is 5.13 Å². The molecule has 9 nitrogen and oxygen atoms in total. The van der Waals surface area contributed by atoms with E-state index in [0.29, 0.717) is 29.5 Å². The van der Waals surface area contributed by atoms with Crippen LogP contribution in [0.25, 0.3) is 0 Å². The van der Waals surface area contributed by atoms with E-state index in [9.17, 15) is 23.0 Å². The summed E-state index contributed by atoms with van der Waals surface area (Å²) in [6.45, 7) is 2.65.